The second-order valence-electron chi connectivity index (χ2n) is 4.20. The van der Waals surface area contributed by atoms with Crippen LogP contribution in [0.3, 0.4) is 0 Å². The summed E-state index contributed by atoms with van der Waals surface area (Å²) in [6, 6.07) is 6.16. The molecule has 6 heteroatoms. The predicted octanol–water partition coefficient (Wildman–Crippen LogP) is 3.23. The Morgan fingerprint density at radius 1 is 1.32 bits per heavy atom. The number of nitrogens with zero attached hydrogens (tertiary/aromatic N) is 1. The summed E-state index contributed by atoms with van der Waals surface area (Å²) in [5.74, 6) is 0.120. The van der Waals surface area contributed by atoms with Gasteiger partial charge in [0.15, 0.2) is 6.61 Å². The van der Waals surface area contributed by atoms with Gasteiger partial charge in [-0.1, -0.05) is 0 Å². The fourth-order valence-electron chi connectivity index (χ4n) is 1.61. The number of aliphatic hydroxyl groups excluding tert-OH is 1. The van der Waals surface area contributed by atoms with Crippen LogP contribution < -0.4 is 4.74 Å². The maximum absolute atomic E-state index is 12.1. The second kappa shape index (κ2) is 5.05. The van der Waals surface area contributed by atoms with Crippen molar-refractivity contribution >= 4 is 10.9 Å². The highest BCUT2D eigenvalue weighted by Crippen LogP contribution is 2.24. The first-order chi connectivity index (χ1) is 8.85. The van der Waals surface area contributed by atoms with Crippen molar-refractivity contribution in [2.24, 2.45) is 0 Å². The van der Waals surface area contributed by atoms with Gasteiger partial charge in [0.1, 0.15) is 5.75 Å². The van der Waals surface area contributed by atoms with Crippen molar-refractivity contribution in [2.75, 3.05) is 6.61 Å². The van der Waals surface area contributed by atoms with Crippen LogP contribution in [0.2, 0.25) is 0 Å². The molecule has 2 aromatic rings. The van der Waals surface area contributed by atoms with Crippen LogP contribution in [-0.4, -0.2) is 22.9 Å². The minimum atomic E-state index is -4.37. The molecule has 1 aromatic carbocycles. The molecular weight excluding hydrogens is 259 g/mol. The Bertz CT molecular complexity index is 582. The number of pyridine rings is 1. The number of hydrogen-bond acceptors (Lipinski definition) is 3. The zero-order chi connectivity index (χ0) is 14.0. The van der Waals surface area contributed by atoms with Crippen LogP contribution in [0.15, 0.2) is 30.5 Å². The minimum Gasteiger partial charge on any atom is -0.484 e. The number of alkyl halides is 3. The molecule has 0 saturated carbocycles. The van der Waals surface area contributed by atoms with E-state index in [4.69, 9.17) is 0 Å². The van der Waals surface area contributed by atoms with Crippen LogP contribution in [0, 0.1) is 0 Å². The molecule has 0 aliphatic carbocycles. The third kappa shape index (κ3) is 3.57. The summed E-state index contributed by atoms with van der Waals surface area (Å²) in [6.07, 6.45) is -3.52. The Labute approximate surface area is 107 Å². The van der Waals surface area contributed by atoms with E-state index in [1.165, 1.54) is 18.3 Å². The van der Waals surface area contributed by atoms with Crippen LogP contribution in [0.1, 0.15) is 18.6 Å². The van der Waals surface area contributed by atoms with E-state index in [0.29, 0.717) is 16.5 Å². The van der Waals surface area contributed by atoms with Gasteiger partial charge in [0.2, 0.25) is 0 Å². The second-order valence-corrected chi connectivity index (χ2v) is 4.20. The Kier molecular flexibility index (Phi) is 3.61. The molecular formula is C13H12F3NO2. The summed E-state index contributed by atoms with van der Waals surface area (Å²) in [5, 5.41) is 10.1. The van der Waals surface area contributed by atoms with E-state index in [1.807, 2.05) is 0 Å². The maximum Gasteiger partial charge on any atom is 0.422 e. The fourth-order valence-corrected chi connectivity index (χ4v) is 1.61. The largest absolute Gasteiger partial charge is 0.484 e. The first kappa shape index (κ1) is 13.6. The molecule has 3 nitrogen and oxygen atoms in total. The molecule has 0 saturated heterocycles. The molecule has 0 aliphatic rings. The van der Waals surface area contributed by atoms with Gasteiger partial charge >= 0.3 is 6.18 Å². The zero-order valence-electron chi connectivity index (χ0n) is 10.1. The number of hydrogen-bond donors (Lipinski definition) is 1. The van der Waals surface area contributed by atoms with Gasteiger partial charge in [-0.15, -0.1) is 0 Å². The van der Waals surface area contributed by atoms with Crippen molar-refractivity contribution in [3.63, 3.8) is 0 Å². The average molecular weight is 271 g/mol. The van der Waals surface area contributed by atoms with Crippen molar-refractivity contribution in [1.29, 1.82) is 0 Å². The lowest BCUT2D eigenvalue weighted by molar-refractivity contribution is -0.153. The van der Waals surface area contributed by atoms with E-state index in [1.54, 1.807) is 19.1 Å². The lowest BCUT2D eigenvalue weighted by atomic mass is 10.1. The summed E-state index contributed by atoms with van der Waals surface area (Å²) in [6.45, 7) is 0.259. The molecule has 1 N–H and O–H groups in total. The highest BCUT2D eigenvalue weighted by molar-refractivity contribution is 5.80. The molecule has 0 spiro atoms. The lowest BCUT2D eigenvalue weighted by Gasteiger charge is -2.10. The molecule has 0 aliphatic heterocycles. The van der Waals surface area contributed by atoms with Crippen molar-refractivity contribution in [2.45, 2.75) is 19.2 Å². The monoisotopic (exact) mass is 271 g/mol. The lowest BCUT2D eigenvalue weighted by Crippen LogP contribution is -2.19. The van der Waals surface area contributed by atoms with Gasteiger partial charge in [0.05, 0.1) is 11.6 Å². The first-order valence-corrected chi connectivity index (χ1v) is 5.62. The van der Waals surface area contributed by atoms with Crippen LogP contribution in [-0.2, 0) is 0 Å². The van der Waals surface area contributed by atoms with Gasteiger partial charge in [0.25, 0.3) is 0 Å². The zero-order valence-corrected chi connectivity index (χ0v) is 10.1. The van der Waals surface area contributed by atoms with Gasteiger partial charge in [0, 0.05) is 11.6 Å². The van der Waals surface area contributed by atoms with Crippen molar-refractivity contribution in [3.8, 4) is 5.75 Å². The van der Waals surface area contributed by atoms with Gasteiger partial charge in [-0.25, -0.2) is 0 Å². The predicted molar refractivity (Wildman–Crippen MR) is 63.9 cm³/mol. The summed E-state index contributed by atoms with van der Waals surface area (Å²) in [4.78, 5) is 4.11. The fraction of sp³-hybridized carbons (Fsp3) is 0.308. The number of halogens is 3. The molecule has 1 unspecified atom stereocenters. The van der Waals surface area contributed by atoms with Gasteiger partial charge in [-0.3, -0.25) is 4.98 Å². The molecule has 0 radical (unpaired) electrons. The van der Waals surface area contributed by atoms with Crippen LogP contribution >= 0.6 is 0 Å². The van der Waals surface area contributed by atoms with Crippen molar-refractivity contribution < 1.29 is 23.0 Å². The minimum absolute atomic E-state index is 0.120. The number of rotatable bonds is 3. The van der Waals surface area contributed by atoms with Gasteiger partial charge in [-0.05, 0) is 36.8 Å². The number of benzene rings is 1. The molecule has 1 aromatic heterocycles. The maximum atomic E-state index is 12.1. The van der Waals surface area contributed by atoms with Crippen LogP contribution in [0.5, 0.6) is 5.75 Å². The number of aromatic nitrogens is 1. The Hall–Kier alpha value is -1.82. The Morgan fingerprint density at radius 2 is 2.05 bits per heavy atom. The van der Waals surface area contributed by atoms with E-state index < -0.39 is 18.9 Å². The molecule has 0 bridgehead atoms. The SMILES string of the molecule is CC(O)c1cnc2ccc(OCC(F)(F)F)cc2c1. The summed E-state index contributed by atoms with van der Waals surface area (Å²) in [5.41, 5.74) is 1.23. The molecule has 2 rings (SSSR count). The van der Waals surface area contributed by atoms with Gasteiger partial charge in [-0.2, -0.15) is 13.2 Å². The van der Waals surface area contributed by atoms with E-state index in [9.17, 15) is 18.3 Å². The third-order valence-corrected chi connectivity index (χ3v) is 2.56. The van der Waals surface area contributed by atoms with E-state index >= 15 is 0 Å². The highest BCUT2D eigenvalue weighted by atomic mass is 19.4. The molecule has 19 heavy (non-hydrogen) atoms. The van der Waals surface area contributed by atoms with Crippen molar-refractivity contribution in [1.82, 2.24) is 4.98 Å². The van der Waals surface area contributed by atoms with E-state index in [2.05, 4.69) is 9.72 Å². The topological polar surface area (TPSA) is 42.4 Å². The van der Waals surface area contributed by atoms with Crippen LogP contribution in [0.4, 0.5) is 13.2 Å². The number of ether oxygens (including phenoxy) is 1. The molecule has 0 amide bonds. The summed E-state index contributed by atoms with van der Waals surface area (Å²) >= 11 is 0. The number of aliphatic hydroxyl groups is 1. The summed E-state index contributed by atoms with van der Waals surface area (Å²) < 4.78 is 40.8. The molecule has 0 fully saturated rings. The van der Waals surface area contributed by atoms with Gasteiger partial charge < -0.3 is 9.84 Å². The average Bonchev–Trinajstić information content (AvgIpc) is 2.34. The summed E-state index contributed by atoms with van der Waals surface area (Å²) in [7, 11) is 0. The van der Waals surface area contributed by atoms with Crippen LogP contribution in [0.25, 0.3) is 10.9 Å². The Morgan fingerprint density at radius 3 is 2.68 bits per heavy atom. The molecule has 1 atom stereocenters. The molecule has 1 heterocycles. The normalized spacial score (nSPS) is 13.5. The molecule has 102 valence electrons. The Balaban J connectivity index is 2.28. The highest BCUT2D eigenvalue weighted by Gasteiger charge is 2.28. The quantitative estimate of drug-likeness (QED) is 0.932. The van der Waals surface area contributed by atoms with E-state index in [0.717, 1.165) is 0 Å². The standard InChI is InChI=1S/C13H12F3NO2/c1-8(18)10-4-9-5-11(19-7-13(14,15)16)2-3-12(9)17-6-10/h2-6,8,18H,7H2,1H3. The van der Waals surface area contributed by atoms with E-state index in [-0.39, 0.29) is 5.75 Å². The smallest absolute Gasteiger partial charge is 0.422 e. The van der Waals surface area contributed by atoms with Crippen molar-refractivity contribution in [3.05, 3.63) is 36.0 Å². The number of fused-ring (bicyclic) bond motifs is 1. The third-order valence-electron chi connectivity index (χ3n) is 2.56. The first-order valence-electron chi connectivity index (χ1n) is 5.62.